The molecule has 0 atom stereocenters. The van der Waals surface area contributed by atoms with Gasteiger partial charge in [0.1, 0.15) is 6.61 Å². The van der Waals surface area contributed by atoms with Crippen LogP contribution in [0, 0.1) is 0 Å². The first-order valence-electron chi connectivity index (χ1n) is 5.79. The Balaban J connectivity index is 1.88. The van der Waals surface area contributed by atoms with Crippen LogP contribution in [-0.4, -0.2) is 56.5 Å². The minimum absolute atomic E-state index is 0.521. The molecule has 1 fully saturated rings. The minimum atomic E-state index is 0.521. The third kappa shape index (κ3) is 3.54. The van der Waals surface area contributed by atoms with Gasteiger partial charge in [-0.05, 0) is 0 Å². The lowest BCUT2D eigenvalue weighted by molar-refractivity contribution is 0.146. The summed E-state index contributed by atoms with van der Waals surface area (Å²) in [5, 5.41) is 3.29. The Kier molecular flexibility index (Phi) is 4.52. The van der Waals surface area contributed by atoms with E-state index >= 15 is 0 Å². The summed E-state index contributed by atoms with van der Waals surface area (Å²) in [5.41, 5.74) is 0. The van der Waals surface area contributed by atoms with Gasteiger partial charge in [-0.2, -0.15) is 0 Å². The molecule has 0 bridgehead atoms. The zero-order valence-electron chi connectivity index (χ0n) is 10.1. The number of methoxy groups -OCH3 is 1. The lowest BCUT2D eigenvalue weighted by atomic mass is 10.4. The molecule has 0 aliphatic carbocycles. The number of aromatic nitrogens is 2. The molecular formula is C11H18N4O2. The van der Waals surface area contributed by atoms with Gasteiger partial charge >= 0.3 is 0 Å². The molecule has 6 heteroatoms. The summed E-state index contributed by atoms with van der Waals surface area (Å²) in [7, 11) is 1.65. The summed E-state index contributed by atoms with van der Waals surface area (Å²) >= 11 is 0. The van der Waals surface area contributed by atoms with Crippen molar-refractivity contribution in [2.24, 2.45) is 0 Å². The van der Waals surface area contributed by atoms with E-state index in [0.717, 1.165) is 32.1 Å². The number of anilines is 1. The van der Waals surface area contributed by atoms with E-state index in [2.05, 4.69) is 20.2 Å². The van der Waals surface area contributed by atoms with Crippen LogP contribution in [0.2, 0.25) is 0 Å². The first-order chi connectivity index (χ1) is 8.40. The monoisotopic (exact) mass is 238 g/mol. The average molecular weight is 238 g/mol. The van der Waals surface area contributed by atoms with Crippen molar-refractivity contribution in [3.63, 3.8) is 0 Å². The molecule has 0 saturated carbocycles. The fourth-order valence-electron chi connectivity index (χ4n) is 1.65. The summed E-state index contributed by atoms with van der Waals surface area (Å²) in [6.45, 7) is 4.95. The second-order valence-corrected chi connectivity index (χ2v) is 3.80. The van der Waals surface area contributed by atoms with Crippen LogP contribution in [0.25, 0.3) is 0 Å². The molecule has 2 rings (SSSR count). The Hall–Kier alpha value is -1.40. The molecule has 1 N–H and O–H groups in total. The molecule has 0 unspecified atom stereocenters. The fourth-order valence-corrected chi connectivity index (χ4v) is 1.65. The topological polar surface area (TPSA) is 59.5 Å². The Morgan fingerprint density at radius 3 is 2.59 bits per heavy atom. The Morgan fingerprint density at radius 2 is 1.94 bits per heavy atom. The smallest absolute Gasteiger partial charge is 0.225 e. The van der Waals surface area contributed by atoms with E-state index in [0.29, 0.717) is 19.0 Å². The van der Waals surface area contributed by atoms with E-state index in [9.17, 15) is 0 Å². The summed E-state index contributed by atoms with van der Waals surface area (Å²) < 4.78 is 10.3. The van der Waals surface area contributed by atoms with Gasteiger partial charge in [0, 0.05) is 33.3 Å². The Bertz CT molecular complexity index is 325. The quantitative estimate of drug-likeness (QED) is 0.724. The van der Waals surface area contributed by atoms with Crippen LogP contribution in [-0.2, 0) is 4.74 Å². The standard InChI is InChI=1S/C11H18N4O2/c1-16-6-7-17-10-8-13-11(14-9-10)15-4-2-12-3-5-15/h8-9,12H,2-7H2,1H3. The van der Waals surface area contributed by atoms with Crippen LogP contribution in [0.1, 0.15) is 0 Å². The number of hydrogen-bond donors (Lipinski definition) is 1. The van der Waals surface area contributed by atoms with E-state index in [1.54, 1.807) is 19.5 Å². The first kappa shape index (κ1) is 12.1. The average Bonchev–Trinajstić information content (AvgIpc) is 2.41. The third-order valence-electron chi connectivity index (χ3n) is 2.57. The maximum atomic E-state index is 5.41. The zero-order chi connectivity index (χ0) is 11.9. The van der Waals surface area contributed by atoms with Gasteiger partial charge in [-0.25, -0.2) is 9.97 Å². The molecule has 1 aliphatic rings. The molecule has 0 spiro atoms. The maximum Gasteiger partial charge on any atom is 0.225 e. The second-order valence-electron chi connectivity index (χ2n) is 3.80. The molecule has 17 heavy (non-hydrogen) atoms. The number of ether oxygens (including phenoxy) is 2. The van der Waals surface area contributed by atoms with Crippen molar-refractivity contribution in [2.75, 3.05) is 51.4 Å². The van der Waals surface area contributed by atoms with E-state index in [-0.39, 0.29) is 0 Å². The largest absolute Gasteiger partial charge is 0.488 e. The van der Waals surface area contributed by atoms with Gasteiger partial charge in [-0.3, -0.25) is 0 Å². The Labute approximate surface area is 101 Å². The number of nitrogens with one attached hydrogen (secondary N) is 1. The van der Waals surface area contributed by atoms with Crippen molar-refractivity contribution in [1.29, 1.82) is 0 Å². The fraction of sp³-hybridized carbons (Fsp3) is 0.636. The van der Waals surface area contributed by atoms with Crippen LogP contribution in [0.3, 0.4) is 0 Å². The third-order valence-corrected chi connectivity index (χ3v) is 2.57. The van der Waals surface area contributed by atoms with Crippen molar-refractivity contribution in [3.05, 3.63) is 12.4 Å². The van der Waals surface area contributed by atoms with Gasteiger partial charge in [0.25, 0.3) is 0 Å². The predicted molar refractivity (Wildman–Crippen MR) is 64.5 cm³/mol. The highest BCUT2D eigenvalue weighted by atomic mass is 16.5. The van der Waals surface area contributed by atoms with Gasteiger partial charge in [0.05, 0.1) is 19.0 Å². The van der Waals surface area contributed by atoms with Gasteiger partial charge in [0.15, 0.2) is 5.75 Å². The van der Waals surface area contributed by atoms with Crippen molar-refractivity contribution in [2.45, 2.75) is 0 Å². The normalized spacial score (nSPS) is 15.9. The lowest BCUT2D eigenvalue weighted by Gasteiger charge is -2.27. The van der Waals surface area contributed by atoms with E-state index < -0.39 is 0 Å². The van der Waals surface area contributed by atoms with Gasteiger partial charge in [-0.15, -0.1) is 0 Å². The molecule has 1 aromatic heterocycles. The summed E-state index contributed by atoms with van der Waals surface area (Å²) in [6.07, 6.45) is 3.42. The van der Waals surface area contributed by atoms with Crippen LogP contribution < -0.4 is 15.0 Å². The lowest BCUT2D eigenvalue weighted by Crippen LogP contribution is -2.44. The molecule has 0 radical (unpaired) electrons. The minimum Gasteiger partial charge on any atom is -0.488 e. The SMILES string of the molecule is COCCOc1cnc(N2CCNCC2)nc1. The number of hydrogen-bond acceptors (Lipinski definition) is 6. The summed E-state index contributed by atoms with van der Waals surface area (Å²) in [4.78, 5) is 10.8. The number of nitrogens with zero attached hydrogens (tertiary/aromatic N) is 3. The molecule has 1 saturated heterocycles. The summed E-state index contributed by atoms with van der Waals surface area (Å²) in [5.74, 6) is 1.45. The molecule has 0 aromatic carbocycles. The second kappa shape index (κ2) is 6.36. The van der Waals surface area contributed by atoms with Crippen molar-refractivity contribution >= 4 is 5.95 Å². The van der Waals surface area contributed by atoms with Crippen LogP contribution in [0.15, 0.2) is 12.4 Å². The van der Waals surface area contributed by atoms with E-state index in [1.165, 1.54) is 0 Å². The number of piperazine rings is 1. The van der Waals surface area contributed by atoms with Gasteiger partial charge in [0.2, 0.25) is 5.95 Å². The van der Waals surface area contributed by atoms with Crippen molar-refractivity contribution < 1.29 is 9.47 Å². The zero-order valence-corrected chi connectivity index (χ0v) is 10.1. The molecule has 1 aromatic rings. The van der Waals surface area contributed by atoms with E-state index in [4.69, 9.17) is 9.47 Å². The molecule has 94 valence electrons. The van der Waals surface area contributed by atoms with Crippen molar-refractivity contribution in [3.8, 4) is 5.75 Å². The van der Waals surface area contributed by atoms with Gasteiger partial charge in [-0.1, -0.05) is 0 Å². The number of rotatable bonds is 5. The first-order valence-corrected chi connectivity index (χ1v) is 5.79. The Morgan fingerprint density at radius 1 is 1.24 bits per heavy atom. The molecule has 2 heterocycles. The maximum absolute atomic E-state index is 5.41. The summed E-state index contributed by atoms with van der Waals surface area (Å²) in [6, 6.07) is 0. The van der Waals surface area contributed by atoms with Crippen LogP contribution in [0.5, 0.6) is 5.75 Å². The molecule has 1 aliphatic heterocycles. The molecule has 0 amide bonds. The highest BCUT2D eigenvalue weighted by Crippen LogP contribution is 2.12. The van der Waals surface area contributed by atoms with E-state index in [1.807, 2.05) is 0 Å². The highest BCUT2D eigenvalue weighted by molar-refractivity contribution is 5.32. The highest BCUT2D eigenvalue weighted by Gasteiger charge is 2.12. The molecular weight excluding hydrogens is 220 g/mol. The molecule has 6 nitrogen and oxygen atoms in total. The van der Waals surface area contributed by atoms with Crippen LogP contribution in [0.4, 0.5) is 5.95 Å². The van der Waals surface area contributed by atoms with Crippen LogP contribution >= 0.6 is 0 Å². The predicted octanol–water partition coefficient (Wildman–Crippen LogP) is -0.0886. The van der Waals surface area contributed by atoms with Crippen molar-refractivity contribution in [1.82, 2.24) is 15.3 Å². The van der Waals surface area contributed by atoms with Gasteiger partial charge < -0.3 is 19.7 Å².